The maximum atomic E-state index is 1.83. The summed E-state index contributed by atoms with van der Waals surface area (Å²) in [5, 5.41) is 0. The van der Waals surface area contributed by atoms with Gasteiger partial charge in [0.25, 0.3) is 0 Å². The molecule has 0 heterocycles. The summed E-state index contributed by atoms with van der Waals surface area (Å²) in [6.07, 6.45) is 7.32. The van der Waals surface area contributed by atoms with E-state index in [-0.39, 0.29) is 0 Å². The Balaban J connectivity index is 0.603. The molecule has 0 amide bonds. The highest BCUT2D eigenvalue weighted by atomic mass is 15.7. The Hall–Kier alpha value is 0. The predicted octanol–water partition coefficient (Wildman–Crippen LogP) is 5.74. The number of hydrogen-bond donors (Lipinski definition) is 0. The molecule has 60 atom stereocenters. The van der Waals surface area contributed by atoms with Gasteiger partial charge in [0, 0.05) is 0 Å². The van der Waals surface area contributed by atoms with Crippen LogP contribution < -0.4 is 0 Å². The zero-order chi connectivity index (χ0) is 37.5. The van der Waals surface area contributed by atoms with Crippen LogP contribution in [-0.2, 0) is 0 Å². The summed E-state index contributed by atoms with van der Waals surface area (Å²) in [7, 11) is 0. The van der Waals surface area contributed by atoms with Crippen LogP contribution in [0.5, 0.6) is 0 Å². The third-order valence-corrected chi connectivity index (χ3v) is 58.7. The maximum absolute atomic E-state index is 1.83. The van der Waals surface area contributed by atoms with Crippen LogP contribution in [0.4, 0.5) is 0 Å². The molecule has 0 aliphatic heterocycles. The minimum Gasteiger partial charge on any atom is -0.0458 e. The molecule has 30 spiro atoms. The first-order chi connectivity index (χ1) is 33.8. The van der Waals surface area contributed by atoms with Gasteiger partial charge >= 0.3 is 0 Å². The van der Waals surface area contributed by atoms with E-state index in [9.17, 15) is 0 Å². The Labute approximate surface area is 387 Å². The molecule has 60 unspecified atom stereocenters. The molecule has 0 saturated heterocycles. The lowest BCUT2D eigenvalue weighted by Crippen LogP contribution is -3.58. The third kappa shape index (κ3) is 0.528. The lowest BCUT2D eigenvalue weighted by Gasteiger charge is -3.60. The van der Waals surface area contributed by atoms with Crippen LogP contribution in [0.25, 0.3) is 0 Å². The van der Waals surface area contributed by atoms with Crippen LogP contribution in [0.2, 0.25) is 0 Å². The highest BCUT2D eigenvalue weighted by molar-refractivity contribution is 6.07. The largest absolute Gasteiger partial charge is 0.0458 e. The minimum atomic E-state index is 1.10. The molecule has 68 heavy (non-hydrogen) atoms. The molecular weight excluding hydrogens is 817 g/mol. The van der Waals surface area contributed by atoms with Crippen molar-refractivity contribution >= 4 is 0 Å². The predicted molar refractivity (Wildman–Crippen MR) is 210 cm³/mol. The van der Waals surface area contributed by atoms with Crippen molar-refractivity contribution in [2.45, 2.75) is 25.7 Å². The first kappa shape index (κ1) is 23.1. The second-order valence-electron chi connectivity index (χ2n) is 43.9. The van der Waals surface area contributed by atoms with Crippen molar-refractivity contribution in [3.8, 4) is 0 Å². The van der Waals surface area contributed by atoms with Gasteiger partial charge in [0.15, 0.2) is 0 Å². The van der Waals surface area contributed by atoms with E-state index in [0.29, 0.717) is 0 Å². The summed E-state index contributed by atoms with van der Waals surface area (Å²) in [5.41, 5.74) is 33.6. The molecule has 48 aliphatic carbocycles. The smallest absolute Gasteiger partial charge is 0.00502 e. The number of rotatable bonds is 0. The summed E-state index contributed by atoms with van der Waals surface area (Å²) < 4.78 is 0. The molecule has 48 fully saturated rings. The monoisotopic (exact) mass is 858 g/mol. The van der Waals surface area contributed by atoms with E-state index in [1.807, 2.05) is 25.7 Å². The Morgan fingerprint density at radius 1 is 0.118 bits per heavy atom. The minimum absolute atomic E-state index is 1.10. The topological polar surface area (TPSA) is 0 Å². The van der Waals surface area contributed by atoms with E-state index in [2.05, 4.69) is 0 Å². The zero-order valence-electron chi connectivity index (χ0n) is 37.5. The fourth-order valence-corrected chi connectivity index (χ4v) is 74.0. The average molecular weight is 859 g/mol. The van der Waals surface area contributed by atoms with Crippen molar-refractivity contribution in [2.75, 3.05) is 0 Å². The van der Waals surface area contributed by atoms with E-state index < -0.39 is 0 Å². The lowest BCUT2D eigenvalue weighted by atomic mass is 8.43. The van der Waals surface area contributed by atoms with E-state index in [1.54, 1.807) is 0 Å². The molecule has 0 aromatic rings. The van der Waals surface area contributed by atoms with Gasteiger partial charge in [0.05, 0.1) is 0 Å². The van der Waals surface area contributed by atoms with Crippen molar-refractivity contribution in [3.63, 3.8) is 0 Å². The van der Waals surface area contributed by atoms with Crippen molar-refractivity contribution in [3.05, 3.63) is 0 Å². The molecule has 0 radical (unpaired) electrons. The van der Waals surface area contributed by atoms with Gasteiger partial charge in [-0.05, 0) is 389 Å². The van der Waals surface area contributed by atoms with Gasteiger partial charge < -0.3 is 0 Å². The van der Waals surface area contributed by atoms with Gasteiger partial charge in [0.2, 0.25) is 0 Å². The first-order valence-electron chi connectivity index (χ1n) is 33.8. The normalized spacial score (nSPS) is 140. The highest BCUT2D eigenvalue weighted by Gasteiger charge is 3.63. The quantitative estimate of drug-likeness (QED) is 0.292. The molecule has 0 N–H and O–H groups in total. The molecule has 48 aliphatic rings. The molecular formula is C68H42. The Kier molecular flexibility index (Phi) is 1.21. The highest BCUT2D eigenvalue weighted by Crippen LogP contribution is 3.64. The van der Waals surface area contributed by atoms with E-state index in [1.165, 1.54) is 201 Å². The summed E-state index contributed by atoms with van der Waals surface area (Å²) >= 11 is 0. The van der Waals surface area contributed by atoms with Gasteiger partial charge in [0.1, 0.15) is 0 Å². The fraction of sp³-hybridized carbons (Fsp3) is 1.00. The summed E-state index contributed by atoms with van der Waals surface area (Å²) in [5.74, 6) is 47.9. The van der Waals surface area contributed by atoms with Crippen LogP contribution in [0.15, 0.2) is 0 Å². The summed E-state index contributed by atoms with van der Waals surface area (Å²) in [4.78, 5) is 0. The zero-order valence-corrected chi connectivity index (χ0v) is 37.5. The molecule has 314 valence electrons. The Bertz CT molecular complexity index is 4100. The van der Waals surface area contributed by atoms with Gasteiger partial charge in [-0.15, -0.1) is 0 Å². The maximum Gasteiger partial charge on any atom is -0.00502 e. The number of fused-ring (bicyclic) bond motifs is 30. The third-order valence-electron chi connectivity index (χ3n) is 58.7. The molecule has 0 heteroatoms. The molecule has 0 bridgehead atoms. The molecule has 48 rings (SSSR count). The van der Waals surface area contributed by atoms with E-state index >= 15 is 0 Å². The first-order valence-corrected chi connectivity index (χ1v) is 33.8. The van der Waals surface area contributed by atoms with Crippen molar-refractivity contribution in [1.29, 1.82) is 0 Å². The second-order valence-corrected chi connectivity index (χ2v) is 43.9. The van der Waals surface area contributed by atoms with Crippen LogP contribution in [0.3, 0.4) is 0 Å². The fourth-order valence-electron chi connectivity index (χ4n) is 74.0. The average Bonchev–Trinajstić information content (AvgIpc) is 0.545. The van der Waals surface area contributed by atoms with Crippen LogP contribution in [0.1, 0.15) is 25.7 Å². The Morgan fingerprint density at radius 3 is 0.382 bits per heavy atom. The van der Waals surface area contributed by atoms with Crippen LogP contribution in [-0.4, -0.2) is 0 Å². The van der Waals surface area contributed by atoms with Crippen molar-refractivity contribution < 1.29 is 0 Å². The Morgan fingerprint density at radius 2 is 0.235 bits per heavy atom. The van der Waals surface area contributed by atoms with Crippen molar-refractivity contribution in [2.24, 2.45) is 364 Å². The molecule has 0 nitrogen and oxygen atoms in total. The van der Waals surface area contributed by atoms with Crippen molar-refractivity contribution in [1.82, 2.24) is 0 Å². The van der Waals surface area contributed by atoms with Crippen LogP contribution >= 0.6 is 0 Å². The summed E-state index contributed by atoms with van der Waals surface area (Å²) in [6.45, 7) is 0. The van der Waals surface area contributed by atoms with Gasteiger partial charge in [-0.25, -0.2) is 0 Å². The molecule has 0 aromatic carbocycles. The van der Waals surface area contributed by atoms with Gasteiger partial charge in [-0.2, -0.15) is 0 Å². The summed E-state index contributed by atoms with van der Waals surface area (Å²) in [6, 6.07) is 0. The van der Waals surface area contributed by atoms with Gasteiger partial charge in [-0.1, -0.05) is 0 Å². The lowest BCUT2D eigenvalue weighted by molar-refractivity contribution is -1.15. The standard InChI is InChI=1S/C68H42/c1-5-6-2-10-14-18-22-26-30-35-38-36-32-28-24-20-16-12-4-8-7-3-11-15-19-23-27-31-34-37-33-29-25-21-17-13-9(1)39(5)40(6,10)44(14)43(13,39)47(17)48(18,44)52(22)51(21,47)55(25)56(26,52)60(30)59(29,55)63(33)64(35,60)68(38)66(36)62(32)58(28)54(24)50(20)46(16)42(8,12)41(7,11)45(15,46)49(19,50)53(23,54)57(27,58)61(31,62)65(34,66)67(37,63)68/h5-38H,1-4H2. The van der Waals surface area contributed by atoms with Crippen LogP contribution in [0, 0.1) is 364 Å². The second kappa shape index (κ2) is 3.57. The molecule has 0 aromatic heterocycles. The molecule has 48 saturated carbocycles. The van der Waals surface area contributed by atoms with Gasteiger partial charge in [-0.3, -0.25) is 0 Å². The SMILES string of the molecule is C1C2C3CC4C5C6C7C8C9C%10C%11C%12C%13C%14C%15C%16C%17C%18CC%19C%20CC%21C%22C%23C%24C%25C%26C%27C%28C%29C%30C%31C%32C%33C%34C1C21C34C52C%341C%331C62C72C%321C%311C82C92C%301C%291C%102C%112C%123C%134C%145C%156C%167C%178C%19%18C%20%21C%228C%237C%246C%255C%264C%273C%2812. The van der Waals surface area contributed by atoms with E-state index in [4.69, 9.17) is 0 Å². The number of hydrogen-bond acceptors (Lipinski definition) is 0. The van der Waals surface area contributed by atoms with E-state index in [0.717, 1.165) is 162 Å².